The lowest BCUT2D eigenvalue weighted by molar-refractivity contribution is -0.123. The van der Waals surface area contributed by atoms with E-state index in [0.29, 0.717) is 0 Å². The number of benzene rings is 3. The van der Waals surface area contributed by atoms with Gasteiger partial charge in [0.15, 0.2) is 0 Å². The Balaban J connectivity index is 1.22. The second-order valence-corrected chi connectivity index (χ2v) is 7.85. The van der Waals surface area contributed by atoms with Crippen molar-refractivity contribution < 1.29 is 29.0 Å². The molecule has 0 aromatic heterocycles. The van der Waals surface area contributed by atoms with Crippen molar-refractivity contribution in [1.29, 1.82) is 0 Å². The third-order valence-electron chi connectivity index (χ3n) is 5.61. The highest BCUT2D eigenvalue weighted by molar-refractivity contribution is 6.01. The van der Waals surface area contributed by atoms with Crippen molar-refractivity contribution in [3.63, 3.8) is 0 Å². The van der Waals surface area contributed by atoms with E-state index in [4.69, 9.17) is 9.84 Å². The summed E-state index contributed by atoms with van der Waals surface area (Å²) in [7, 11) is 0. The highest BCUT2D eigenvalue weighted by Crippen LogP contribution is 2.44. The van der Waals surface area contributed by atoms with Crippen LogP contribution in [0.1, 0.15) is 27.4 Å². The fraction of sp³-hybridized carbons (Fsp3) is 0.154. The minimum Gasteiger partial charge on any atom is -0.478 e. The molecule has 9 heteroatoms. The first-order chi connectivity index (χ1) is 16.9. The standard InChI is InChI=1S/C26H23N3O6/c30-23(27-14-24(31)29-22-12-6-5-11-20(22)25(32)33)13-28-26(34)35-15-21-18-9-3-1-7-16(18)17-8-2-4-10-19(17)21/h1-12,21H,13-15H2,(H,27,30)(H,28,34)(H,29,31)(H,32,33). The molecule has 0 heterocycles. The van der Waals surface area contributed by atoms with Crippen LogP contribution in [0.15, 0.2) is 72.8 Å². The molecule has 4 rings (SSSR count). The lowest BCUT2D eigenvalue weighted by Crippen LogP contribution is -2.40. The summed E-state index contributed by atoms with van der Waals surface area (Å²) in [6.45, 7) is -0.651. The maximum absolute atomic E-state index is 12.2. The first-order valence-corrected chi connectivity index (χ1v) is 10.9. The number of para-hydroxylation sites is 1. The molecule has 0 atom stereocenters. The van der Waals surface area contributed by atoms with Gasteiger partial charge in [0.25, 0.3) is 0 Å². The van der Waals surface area contributed by atoms with Crippen LogP contribution in [0.3, 0.4) is 0 Å². The van der Waals surface area contributed by atoms with Crippen LogP contribution in [0, 0.1) is 0 Å². The zero-order valence-electron chi connectivity index (χ0n) is 18.6. The number of hydrogen-bond acceptors (Lipinski definition) is 5. The van der Waals surface area contributed by atoms with Gasteiger partial charge in [-0.2, -0.15) is 0 Å². The molecule has 0 unspecified atom stereocenters. The Kier molecular flexibility index (Phi) is 7.06. The van der Waals surface area contributed by atoms with Crippen LogP contribution in [0.4, 0.5) is 10.5 Å². The van der Waals surface area contributed by atoms with Gasteiger partial charge in [0.2, 0.25) is 11.8 Å². The Bertz CT molecular complexity index is 1240. The number of aromatic carboxylic acids is 1. The molecule has 178 valence electrons. The monoisotopic (exact) mass is 473 g/mol. The number of rotatable bonds is 8. The summed E-state index contributed by atoms with van der Waals surface area (Å²) < 4.78 is 5.37. The quantitative estimate of drug-likeness (QED) is 0.397. The number of amides is 3. The maximum atomic E-state index is 12.2. The van der Waals surface area contributed by atoms with E-state index in [9.17, 15) is 19.2 Å². The molecular formula is C26H23N3O6. The zero-order chi connectivity index (χ0) is 24.8. The number of carboxylic acid groups (broad SMARTS) is 1. The highest BCUT2D eigenvalue weighted by atomic mass is 16.5. The predicted molar refractivity (Wildman–Crippen MR) is 128 cm³/mol. The van der Waals surface area contributed by atoms with Crippen LogP contribution in [-0.2, 0) is 14.3 Å². The van der Waals surface area contributed by atoms with Crippen LogP contribution >= 0.6 is 0 Å². The Morgan fingerprint density at radius 1 is 0.743 bits per heavy atom. The van der Waals surface area contributed by atoms with Gasteiger partial charge in [0.05, 0.1) is 17.8 Å². The minimum atomic E-state index is -1.18. The van der Waals surface area contributed by atoms with Gasteiger partial charge in [-0.05, 0) is 34.4 Å². The molecule has 0 bridgehead atoms. The van der Waals surface area contributed by atoms with Gasteiger partial charge in [-0.15, -0.1) is 0 Å². The van der Waals surface area contributed by atoms with Crippen LogP contribution in [-0.4, -0.2) is 48.7 Å². The van der Waals surface area contributed by atoms with Crippen molar-refractivity contribution in [1.82, 2.24) is 10.6 Å². The maximum Gasteiger partial charge on any atom is 0.407 e. The second-order valence-electron chi connectivity index (χ2n) is 7.85. The molecule has 4 N–H and O–H groups in total. The predicted octanol–water partition coefficient (Wildman–Crippen LogP) is 2.98. The second kappa shape index (κ2) is 10.5. The van der Waals surface area contributed by atoms with Crippen molar-refractivity contribution in [3.8, 4) is 11.1 Å². The summed E-state index contributed by atoms with van der Waals surface area (Å²) in [4.78, 5) is 47.4. The molecular weight excluding hydrogens is 450 g/mol. The molecule has 1 aliphatic carbocycles. The van der Waals surface area contributed by atoms with Crippen LogP contribution in [0.25, 0.3) is 11.1 Å². The average molecular weight is 473 g/mol. The van der Waals surface area contributed by atoms with Gasteiger partial charge < -0.3 is 25.8 Å². The molecule has 3 aromatic carbocycles. The molecule has 0 saturated carbocycles. The Morgan fingerprint density at radius 3 is 1.97 bits per heavy atom. The zero-order valence-corrected chi connectivity index (χ0v) is 18.6. The van der Waals surface area contributed by atoms with E-state index in [1.807, 2.05) is 48.5 Å². The van der Waals surface area contributed by atoms with E-state index in [1.54, 1.807) is 6.07 Å². The lowest BCUT2D eigenvalue weighted by atomic mass is 9.98. The first kappa shape index (κ1) is 23.5. The normalized spacial score (nSPS) is 11.7. The number of anilines is 1. The number of carbonyl (C=O) groups excluding carboxylic acids is 3. The van der Waals surface area contributed by atoms with E-state index in [-0.39, 0.29) is 36.9 Å². The first-order valence-electron chi connectivity index (χ1n) is 10.9. The molecule has 35 heavy (non-hydrogen) atoms. The highest BCUT2D eigenvalue weighted by Gasteiger charge is 2.29. The van der Waals surface area contributed by atoms with Crippen LogP contribution < -0.4 is 16.0 Å². The number of ether oxygens (including phenoxy) is 1. The lowest BCUT2D eigenvalue weighted by Gasteiger charge is -2.14. The van der Waals surface area contributed by atoms with E-state index < -0.39 is 23.9 Å². The molecule has 0 fully saturated rings. The number of nitrogens with one attached hydrogen (secondary N) is 3. The SMILES string of the molecule is O=C(CNC(=O)OCC1c2ccccc2-c2ccccc21)NCC(=O)Nc1ccccc1C(=O)O. The Morgan fingerprint density at radius 2 is 1.31 bits per heavy atom. The number of carboxylic acids is 1. The van der Waals surface area contributed by atoms with E-state index >= 15 is 0 Å². The largest absolute Gasteiger partial charge is 0.478 e. The average Bonchev–Trinajstić information content (AvgIpc) is 3.19. The molecule has 0 radical (unpaired) electrons. The van der Waals surface area contributed by atoms with Crippen molar-refractivity contribution in [3.05, 3.63) is 89.5 Å². The van der Waals surface area contributed by atoms with E-state index in [1.165, 1.54) is 18.2 Å². The summed E-state index contributed by atoms with van der Waals surface area (Å²) in [5.41, 5.74) is 4.44. The molecule has 1 aliphatic rings. The molecule has 3 aromatic rings. The van der Waals surface area contributed by atoms with Crippen LogP contribution in [0.5, 0.6) is 0 Å². The summed E-state index contributed by atoms with van der Waals surface area (Å²) in [5, 5.41) is 16.3. The third-order valence-corrected chi connectivity index (χ3v) is 5.61. The van der Waals surface area contributed by atoms with Crippen molar-refractivity contribution in [2.45, 2.75) is 5.92 Å². The smallest absolute Gasteiger partial charge is 0.407 e. The minimum absolute atomic E-state index is 0.0656. The summed E-state index contributed by atoms with van der Waals surface area (Å²) >= 11 is 0. The van der Waals surface area contributed by atoms with Crippen molar-refractivity contribution in [2.24, 2.45) is 0 Å². The Hall–Kier alpha value is -4.66. The number of alkyl carbamates (subject to hydrolysis) is 1. The van der Waals surface area contributed by atoms with Gasteiger partial charge in [0, 0.05) is 5.92 Å². The molecule has 0 saturated heterocycles. The van der Waals surface area contributed by atoms with Gasteiger partial charge in [-0.25, -0.2) is 9.59 Å². The van der Waals surface area contributed by atoms with E-state index in [2.05, 4.69) is 16.0 Å². The van der Waals surface area contributed by atoms with Crippen LogP contribution in [0.2, 0.25) is 0 Å². The number of fused-ring (bicyclic) bond motifs is 3. The third kappa shape index (κ3) is 5.47. The molecule has 3 amide bonds. The van der Waals surface area contributed by atoms with Crippen molar-refractivity contribution in [2.75, 3.05) is 25.0 Å². The molecule has 0 aliphatic heterocycles. The van der Waals surface area contributed by atoms with Crippen molar-refractivity contribution >= 4 is 29.6 Å². The number of hydrogen-bond donors (Lipinski definition) is 4. The topological polar surface area (TPSA) is 134 Å². The fourth-order valence-corrected chi connectivity index (χ4v) is 4.02. The number of carbonyl (C=O) groups is 4. The summed E-state index contributed by atoms with van der Waals surface area (Å²) in [6, 6.07) is 21.8. The van der Waals surface area contributed by atoms with E-state index in [0.717, 1.165) is 22.3 Å². The van der Waals surface area contributed by atoms with Gasteiger partial charge in [-0.3, -0.25) is 9.59 Å². The molecule has 0 spiro atoms. The summed E-state index contributed by atoms with van der Waals surface area (Å²) in [5.74, 6) is -2.48. The van der Waals surface area contributed by atoms with Gasteiger partial charge in [-0.1, -0.05) is 60.7 Å². The summed E-state index contributed by atoms with van der Waals surface area (Å²) in [6.07, 6.45) is -0.748. The Labute approximate surface area is 201 Å². The van der Waals surface area contributed by atoms with Gasteiger partial charge >= 0.3 is 12.1 Å². The molecule has 9 nitrogen and oxygen atoms in total. The fourth-order valence-electron chi connectivity index (χ4n) is 4.02. The van der Waals surface area contributed by atoms with Gasteiger partial charge in [0.1, 0.15) is 13.2 Å².